The molecule has 0 atom stereocenters. The van der Waals surface area contributed by atoms with Crippen molar-refractivity contribution in [3.05, 3.63) is 53.8 Å². The zero-order valence-corrected chi connectivity index (χ0v) is 12.7. The van der Waals surface area contributed by atoms with E-state index in [1.54, 1.807) is 24.3 Å². The van der Waals surface area contributed by atoms with E-state index in [0.29, 0.717) is 22.7 Å². The van der Waals surface area contributed by atoms with Gasteiger partial charge in [0.05, 0.1) is 13.2 Å². The molecule has 4 nitrogen and oxygen atoms in total. The Labute approximate surface area is 128 Å². The van der Waals surface area contributed by atoms with Crippen molar-refractivity contribution in [1.29, 1.82) is 0 Å². The Morgan fingerprint density at radius 3 is 2.55 bits per heavy atom. The lowest BCUT2D eigenvalue weighted by Gasteiger charge is -2.14. The molecule has 2 rings (SSSR count). The number of ether oxygens (including phenoxy) is 2. The molecular weight excluding hydrogens is 285 g/mol. The van der Waals surface area contributed by atoms with Crippen LogP contribution in [0.4, 0.5) is 10.1 Å². The van der Waals surface area contributed by atoms with E-state index in [1.165, 1.54) is 25.3 Å². The summed E-state index contributed by atoms with van der Waals surface area (Å²) >= 11 is 0. The monoisotopic (exact) mass is 303 g/mol. The second-order valence-electron chi connectivity index (χ2n) is 5.00. The van der Waals surface area contributed by atoms with Gasteiger partial charge in [0.2, 0.25) is 0 Å². The maximum absolute atomic E-state index is 13.1. The van der Waals surface area contributed by atoms with Crippen LogP contribution in [0.5, 0.6) is 11.5 Å². The van der Waals surface area contributed by atoms with E-state index >= 15 is 0 Å². The predicted molar refractivity (Wildman–Crippen MR) is 83.1 cm³/mol. The third-order valence-corrected chi connectivity index (χ3v) is 2.87. The van der Waals surface area contributed by atoms with E-state index in [-0.39, 0.29) is 12.0 Å². The van der Waals surface area contributed by atoms with Crippen molar-refractivity contribution < 1.29 is 18.7 Å². The molecule has 0 aliphatic heterocycles. The molecule has 0 unspecified atom stereocenters. The summed E-state index contributed by atoms with van der Waals surface area (Å²) in [4.78, 5) is 12.2. The molecule has 0 radical (unpaired) electrons. The van der Waals surface area contributed by atoms with Crippen LogP contribution in [0.3, 0.4) is 0 Å². The molecule has 0 saturated heterocycles. The molecule has 0 aliphatic rings. The highest BCUT2D eigenvalue weighted by molar-refractivity contribution is 6.04. The van der Waals surface area contributed by atoms with Crippen molar-refractivity contribution in [3.8, 4) is 11.5 Å². The lowest BCUT2D eigenvalue weighted by molar-refractivity contribution is 0.102. The average molecular weight is 303 g/mol. The molecule has 2 aromatic rings. The molecule has 0 bridgehead atoms. The largest absolute Gasteiger partial charge is 0.493 e. The molecule has 116 valence electrons. The predicted octanol–water partition coefficient (Wildman–Crippen LogP) is 3.87. The van der Waals surface area contributed by atoms with Crippen molar-refractivity contribution in [2.24, 2.45) is 0 Å². The number of carbonyl (C=O) groups is 1. The molecule has 1 amide bonds. The van der Waals surface area contributed by atoms with Crippen LogP contribution in [0, 0.1) is 5.82 Å². The second kappa shape index (κ2) is 6.93. The summed E-state index contributed by atoms with van der Waals surface area (Å²) in [5.41, 5.74) is 0.795. The van der Waals surface area contributed by atoms with Crippen LogP contribution in [0.1, 0.15) is 24.2 Å². The molecule has 2 aromatic carbocycles. The van der Waals surface area contributed by atoms with Gasteiger partial charge in [0.25, 0.3) is 5.91 Å². The zero-order valence-electron chi connectivity index (χ0n) is 12.7. The number of nitrogens with one attached hydrogen (secondary N) is 1. The van der Waals surface area contributed by atoms with E-state index in [2.05, 4.69) is 5.32 Å². The van der Waals surface area contributed by atoms with E-state index in [9.17, 15) is 9.18 Å². The SMILES string of the molecule is COc1cc(C(=O)Nc2cccc(F)c2)ccc1OC(C)C. The van der Waals surface area contributed by atoms with Gasteiger partial charge in [0.1, 0.15) is 5.82 Å². The molecular formula is C17H18FNO3. The van der Waals surface area contributed by atoms with Gasteiger partial charge in [-0.25, -0.2) is 4.39 Å². The molecule has 5 heteroatoms. The third kappa shape index (κ3) is 3.97. The van der Waals surface area contributed by atoms with Crippen molar-refractivity contribution in [1.82, 2.24) is 0 Å². The second-order valence-corrected chi connectivity index (χ2v) is 5.00. The lowest BCUT2D eigenvalue weighted by Crippen LogP contribution is -2.13. The zero-order chi connectivity index (χ0) is 16.1. The first-order valence-corrected chi connectivity index (χ1v) is 6.91. The van der Waals surface area contributed by atoms with E-state index in [0.717, 1.165) is 0 Å². The molecule has 0 aromatic heterocycles. The highest BCUT2D eigenvalue weighted by Gasteiger charge is 2.12. The summed E-state index contributed by atoms with van der Waals surface area (Å²) < 4.78 is 24.0. The maximum atomic E-state index is 13.1. The minimum absolute atomic E-state index is 0.000806. The third-order valence-electron chi connectivity index (χ3n) is 2.87. The molecule has 1 N–H and O–H groups in total. The van der Waals surface area contributed by atoms with E-state index < -0.39 is 5.82 Å². The van der Waals surface area contributed by atoms with Crippen LogP contribution in [0.25, 0.3) is 0 Å². The Morgan fingerprint density at radius 2 is 1.91 bits per heavy atom. The van der Waals surface area contributed by atoms with Gasteiger partial charge in [0.15, 0.2) is 11.5 Å². The number of hydrogen-bond donors (Lipinski definition) is 1. The minimum atomic E-state index is -0.406. The highest BCUT2D eigenvalue weighted by atomic mass is 19.1. The van der Waals surface area contributed by atoms with Gasteiger partial charge in [-0.05, 0) is 50.2 Å². The maximum Gasteiger partial charge on any atom is 0.255 e. The number of carbonyl (C=O) groups excluding carboxylic acids is 1. The number of anilines is 1. The Kier molecular flexibility index (Phi) is 4.99. The summed E-state index contributed by atoms with van der Waals surface area (Å²) in [5.74, 6) is 0.288. The van der Waals surface area contributed by atoms with Crippen molar-refractivity contribution in [2.75, 3.05) is 12.4 Å². The van der Waals surface area contributed by atoms with Gasteiger partial charge >= 0.3 is 0 Å². The van der Waals surface area contributed by atoms with Crippen LogP contribution in [0.15, 0.2) is 42.5 Å². The van der Waals surface area contributed by atoms with Crippen LogP contribution in [-0.2, 0) is 0 Å². The van der Waals surface area contributed by atoms with Crippen LogP contribution in [0.2, 0.25) is 0 Å². The molecule has 0 heterocycles. The summed E-state index contributed by atoms with van der Waals surface area (Å²) in [6.45, 7) is 3.81. The van der Waals surface area contributed by atoms with E-state index in [4.69, 9.17) is 9.47 Å². The van der Waals surface area contributed by atoms with Gasteiger partial charge in [-0.1, -0.05) is 6.07 Å². The van der Waals surface area contributed by atoms with Gasteiger partial charge < -0.3 is 14.8 Å². The summed E-state index contributed by atoms with van der Waals surface area (Å²) in [6.07, 6.45) is 0.000806. The van der Waals surface area contributed by atoms with Crippen LogP contribution in [-0.4, -0.2) is 19.1 Å². The molecule has 0 spiro atoms. The lowest BCUT2D eigenvalue weighted by atomic mass is 10.1. The highest BCUT2D eigenvalue weighted by Crippen LogP contribution is 2.29. The quantitative estimate of drug-likeness (QED) is 0.912. The fourth-order valence-corrected chi connectivity index (χ4v) is 1.93. The fraction of sp³-hybridized carbons (Fsp3) is 0.235. The van der Waals surface area contributed by atoms with Crippen LogP contribution >= 0.6 is 0 Å². The van der Waals surface area contributed by atoms with Crippen molar-refractivity contribution >= 4 is 11.6 Å². The Bertz CT molecular complexity index is 671. The first-order chi connectivity index (χ1) is 10.5. The van der Waals surface area contributed by atoms with Gasteiger partial charge in [-0.2, -0.15) is 0 Å². The number of halogens is 1. The fourth-order valence-electron chi connectivity index (χ4n) is 1.93. The first-order valence-electron chi connectivity index (χ1n) is 6.91. The van der Waals surface area contributed by atoms with Crippen molar-refractivity contribution in [3.63, 3.8) is 0 Å². The summed E-state index contributed by atoms with van der Waals surface area (Å²) in [7, 11) is 1.51. The van der Waals surface area contributed by atoms with Gasteiger partial charge in [-0.15, -0.1) is 0 Å². The number of amides is 1. The Morgan fingerprint density at radius 1 is 1.14 bits per heavy atom. The summed E-state index contributed by atoms with van der Waals surface area (Å²) in [6, 6.07) is 10.6. The minimum Gasteiger partial charge on any atom is -0.493 e. The molecule has 22 heavy (non-hydrogen) atoms. The van der Waals surface area contributed by atoms with Crippen molar-refractivity contribution in [2.45, 2.75) is 20.0 Å². The standard InChI is InChI=1S/C17H18FNO3/c1-11(2)22-15-8-7-12(9-16(15)21-3)17(20)19-14-6-4-5-13(18)10-14/h4-11H,1-3H3,(H,19,20). The Balaban J connectivity index is 2.19. The number of methoxy groups -OCH3 is 1. The normalized spacial score (nSPS) is 10.4. The van der Waals surface area contributed by atoms with Gasteiger partial charge in [0, 0.05) is 11.3 Å². The first kappa shape index (κ1) is 15.8. The number of rotatable bonds is 5. The number of hydrogen-bond acceptors (Lipinski definition) is 3. The topological polar surface area (TPSA) is 47.6 Å². The average Bonchev–Trinajstić information content (AvgIpc) is 2.47. The van der Waals surface area contributed by atoms with E-state index in [1.807, 2.05) is 13.8 Å². The molecule has 0 saturated carbocycles. The number of benzene rings is 2. The van der Waals surface area contributed by atoms with Crippen LogP contribution < -0.4 is 14.8 Å². The summed E-state index contributed by atoms with van der Waals surface area (Å²) in [5, 5.41) is 2.64. The molecule has 0 fully saturated rings. The Hall–Kier alpha value is -2.56. The smallest absolute Gasteiger partial charge is 0.255 e. The van der Waals surface area contributed by atoms with Gasteiger partial charge in [-0.3, -0.25) is 4.79 Å². The molecule has 0 aliphatic carbocycles.